The van der Waals surface area contributed by atoms with Crippen LogP contribution in [0, 0.1) is 0 Å². The van der Waals surface area contributed by atoms with Crippen LogP contribution in [-0.2, 0) is 0 Å². The third kappa shape index (κ3) is 4.52. The second-order valence-electron chi connectivity index (χ2n) is 12.1. The molecule has 10 rings (SSSR count). The Kier molecular flexibility index (Phi) is 5.35. The minimum Gasteiger partial charge on any atom is -0.453 e. The molecule has 0 N–H and O–H groups in total. The van der Waals surface area contributed by atoms with Crippen LogP contribution in [-0.4, -0.2) is 19.5 Å². The zero-order chi connectivity index (χ0) is 37.4. The van der Waals surface area contributed by atoms with Crippen molar-refractivity contribution in [3.05, 3.63) is 170 Å². The fourth-order valence-electron chi connectivity index (χ4n) is 6.89. The Morgan fingerprint density at radius 1 is 0.440 bits per heavy atom. The van der Waals surface area contributed by atoms with Gasteiger partial charge in [-0.1, -0.05) is 139 Å². The van der Waals surface area contributed by atoms with E-state index in [4.69, 9.17) is 26.2 Å². The fraction of sp³-hybridized carbons (Fsp3) is 0. The van der Waals surface area contributed by atoms with E-state index in [1.807, 2.05) is 54.6 Å². The average molecular weight is 646 g/mol. The first kappa shape index (κ1) is 23.5. The number of hydrogen-bond acceptors (Lipinski definition) is 4. The van der Waals surface area contributed by atoms with Crippen molar-refractivity contribution in [2.75, 3.05) is 0 Å². The molecule has 0 fully saturated rings. The molecule has 7 aromatic carbocycles. The molecule has 0 amide bonds. The van der Waals surface area contributed by atoms with Crippen LogP contribution in [0.25, 0.3) is 94.7 Å². The number of rotatable bonds is 5. The zero-order valence-corrected chi connectivity index (χ0v) is 26.5. The highest BCUT2D eigenvalue weighted by atomic mass is 16.3. The number of para-hydroxylation sites is 4. The van der Waals surface area contributed by atoms with Crippen molar-refractivity contribution in [1.82, 2.24) is 19.5 Å². The molecular formula is C45H28N4O. The summed E-state index contributed by atoms with van der Waals surface area (Å²) in [5, 5.41) is 4.20. The van der Waals surface area contributed by atoms with Gasteiger partial charge in [-0.25, -0.2) is 15.0 Å². The summed E-state index contributed by atoms with van der Waals surface area (Å²) in [6.07, 6.45) is 0. The van der Waals surface area contributed by atoms with Gasteiger partial charge in [-0.15, -0.1) is 0 Å². The van der Waals surface area contributed by atoms with Crippen molar-refractivity contribution < 1.29 is 11.3 Å². The Labute approximate surface area is 294 Å². The van der Waals surface area contributed by atoms with Crippen molar-refractivity contribution >= 4 is 43.7 Å². The van der Waals surface area contributed by atoms with Crippen LogP contribution in [0.1, 0.15) is 6.85 Å². The number of benzene rings is 7. The topological polar surface area (TPSA) is 56.7 Å². The molecule has 0 saturated carbocycles. The van der Waals surface area contributed by atoms with E-state index in [0.717, 1.165) is 49.4 Å². The first-order valence-electron chi connectivity index (χ1n) is 18.8. The summed E-state index contributed by atoms with van der Waals surface area (Å²) in [5.41, 5.74) is 7.08. The van der Waals surface area contributed by atoms with E-state index in [1.54, 1.807) is 18.2 Å². The Balaban J connectivity index is 1.19. The molecule has 5 nitrogen and oxygen atoms in total. The van der Waals surface area contributed by atoms with E-state index in [1.165, 1.54) is 0 Å². The minimum atomic E-state index is -0.438. The highest BCUT2D eigenvalue weighted by molar-refractivity contribution is 6.14. The number of aromatic nitrogens is 4. The molecule has 3 heterocycles. The Morgan fingerprint density at radius 3 is 1.76 bits per heavy atom. The van der Waals surface area contributed by atoms with Gasteiger partial charge in [-0.2, -0.15) is 0 Å². The molecular weight excluding hydrogens is 613 g/mol. The molecule has 0 aliphatic rings. The van der Waals surface area contributed by atoms with Gasteiger partial charge in [0.05, 0.1) is 29.1 Å². The SMILES string of the molecule is [2H]c1c([2H])c([2H])c(-c2cccc(-c3nc(-c4ccccc4)nc(-c4cccc5c4oc4c(-n6c7ccccc7c7ccccc76)cccc45)n3)c2)c([2H])c1[2H]. The molecule has 10 aromatic rings. The van der Waals surface area contributed by atoms with Crippen LogP contribution in [0.2, 0.25) is 0 Å². The van der Waals surface area contributed by atoms with Crippen LogP contribution in [0.15, 0.2) is 174 Å². The molecule has 0 radical (unpaired) electrons. The highest BCUT2D eigenvalue weighted by Crippen LogP contribution is 2.40. The van der Waals surface area contributed by atoms with E-state index in [2.05, 4.69) is 71.3 Å². The molecule has 0 unspecified atom stereocenters. The van der Waals surface area contributed by atoms with Gasteiger partial charge in [-0.3, -0.25) is 0 Å². The van der Waals surface area contributed by atoms with Gasteiger partial charge in [-0.05, 0) is 41.5 Å². The number of fused-ring (bicyclic) bond motifs is 6. The molecule has 0 bridgehead atoms. The smallest absolute Gasteiger partial charge is 0.167 e. The van der Waals surface area contributed by atoms with Crippen LogP contribution < -0.4 is 0 Å². The normalized spacial score (nSPS) is 13.0. The predicted molar refractivity (Wildman–Crippen MR) is 203 cm³/mol. The quantitative estimate of drug-likeness (QED) is 0.187. The van der Waals surface area contributed by atoms with Crippen LogP contribution >= 0.6 is 0 Å². The summed E-state index contributed by atoms with van der Waals surface area (Å²) in [6.45, 7) is 0. The lowest BCUT2D eigenvalue weighted by Crippen LogP contribution is -2.00. The number of furan rings is 1. The molecule has 0 aliphatic heterocycles. The largest absolute Gasteiger partial charge is 0.453 e. The maximum absolute atomic E-state index is 8.58. The van der Waals surface area contributed by atoms with E-state index >= 15 is 0 Å². The Bertz CT molecular complexity index is 3090. The van der Waals surface area contributed by atoms with Crippen molar-refractivity contribution in [1.29, 1.82) is 0 Å². The van der Waals surface area contributed by atoms with Crippen LogP contribution in [0.3, 0.4) is 0 Å². The van der Waals surface area contributed by atoms with Crippen molar-refractivity contribution in [3.8, 4) is 51.0 Å². The molecule has 3 aromatic heterocycles. The van der Waals surface area contributed by atoms with Crippen molar-refractivity contribution in [3.63, 3.8) is 0 Å². The third-order valence-corrected chi connectivity index (χ3v) is 9.14. The van der Waals surface area contributed by atoms with E-state index < -0.39 is 18.1 Å². The molecule has 5 heteroatoms. The van der Waals surface area contributed by atoms with Gasteiger partial charge in [0.15, 0.2) is 23.1 Å². The standard InChI is InChI=1S/C45H28N4O/c1-3-14-29(15-4-1)31-18-11-19-32(28-31)44-46-43(30-16-5-2-6-17-30)47-45(48-44)37-24-12-22-35-36-23-13-27-40(42(36)50-41(35)37)49-38-25-9-7-20-33(38)34-21-8-10-26-39(34)49/h1-28H/i1D,3D,4D,14D,15D. The van der Waals surface area contributed by atoms with E-state index in [0.29, 0.717) is 39.7 Å². The average Bonchev–Trinajstić information content (AvgIpc) is 3.79. The van der Waals surface area contributed by atoms with E-state index in [-0.39, 0.29) is 17.6 Å². The predicted octanol–water partition coefficient (Wildman–Crippen LogP) is 11.5. The van der Waals surface area contributed by atoms with Gasteiger partial charge < -0.3 is 8.98 Å². The van der Waals surface area contributed by atoms with Crippen molar-refractivity contribution in [2.24, 2.45) is 0 Å². The summed E-state index contributed by atoms with van der Waals surface area (Å²) in [4.78, 5) is 14.9. The lowest BCUT2D eigenvalue weighted by Gasteiger charge is -2.10. The first-order valence-corrected chi connectivity index (χ1v) is 16.3. The monoisotopic (exact) mass is 645 g/mol. The molecule has 0 spiro atoms. The summed E-state index contributed by atoms with van der Waals surface area (Å²) in [7, 11) is 0. The Morgan fingerprint density at radius 2 is 1.00 bits per heavy atom. The highest BCUT2D eigenvalue weighted by Gasteiger charge is 2.21. The summed E-state index contributed by atoms with van der Waals surface area (Å²) in [6, 6.07) is 43.9. The van der Waals surface area contributed by atoms with Crippen molar-refractivity contribution in [2.45, 2.75) is 0 Å². The summed E-state index contributed by atoms with van der Waals surface area (Å²) in [5.74, 6) is 1.21. The third-order valence-electron chi connectivity index (χ3n) is 9.14. The fourth-order valence-corrected chi connectivity index (χ4v) is 6.89. The van der Waals surface area contributed by atoms with Crippen LogP contribution in [0.4, 0.5) is 0 Å². The molecule has 0 aliphatic carbocycles. The van der Waals surface area contributed by atoms with Gasteiger partial charge >= 0.3 is 0 Å². The summed E-state index contributed by atoms with van der Waals surface area (Å²) < 4.78 is 50.8. The lowest BCUT2D eigenvalue weighted by atomic mass is 10.0. The zero-order valence-electron chi connectivity index (χ0n) is 31.5. The van der Waals surface area contributed by atoms with Gasteiger partial charge in [0.2, 0.25) is 0 Å². The Hall–Kier alpha value is -6.85. The van der Waals surface area contributed by atoms with Gasteiger partial charge in [0.25, 0.3) is 0 Å². The molecule has 50 heavy (non-hydrogen) atoms. The second kappa shape index (κ2) is 11.4. The molecule has 0 saturated heterocycles. The second-order valence-corrected chi connectivity index (χ2v) is 12.1. The molecule has 234 valence electrons. The maximum atomic E-state index is 8.58. The summed E-state index contributed by atoms with van der Waals surface area (Å²) >= 11 is 0. The van der Waals surface area contributed by atoms with Gasteiger partial charge in [0, 0.05) is 32.7 Å². The first-order chi connectivity index (χ1) is 26.9. The van der Waals surface area contributed by atoms with E-state index in [9.17, 15) is 0 Å². The maximum Gasteiger partial charge on any atom is 0.167 e. The minimum absolute atomic E-state index is 0.108. The van der Waals surface area contributed by atoms with Gasteiger partial charge in [0.1, 0.15) is 5.58 Å². The number of hydrogen-bond donors (Lipinski definition) is 0. The molecule has 0 atom stereocenters. The lowest BCUT2D eigenvalue weighted by molar-refractivity contribution is 0.667. The van der Waals surface area contributed by atoms with Crippen LogP contribution in [0.5, 0.6) is 0 Å². The number of nitrogens with zero attached hydrogens (tertiary/aromatic N) is 4.